The molecule has 0 radical (unpaired) electrons. The van der Waals surface area contributed by atoms with E-state index in [9.17, 15) is 9.00 Å². The van der Waals surface area contributed by atoms with Crippen LogP contribution in [0.2, 0.25) is 0 Å². The SMILES string of the molecule is Cc1ccccc1-c1noc(C[S@@](=O)CC(=O)N2CCOCC2)n1. The summed E-state index contributed by atoms with van der Waals surface area (Å²) in [6.45, 7) is 4.12. The zero-order valence-corrected chi connectivity index (χ0v) is 14.3. The molecule has 0 saturated carbocycles. The molecule has 1 aliphatic heterocycles. The average Bonchev–Trinajstić information content (AvgIpc) is 3.04. The van der Waals surface area contributed by atoms with Gasteiger partial charge in [0.1, 0.15) is 11.5 Å². The number of morpholine rings is 1. The summed E-state index contributed by atoms with van der Waals surface area (Å²) in [5.74, 6) is 0.660. The molecule has 24 heavy (non-hydrogen) atoms. The predicted octanol–water partition coefficient (Wildman–Crippen LogP) is 1.15. The molecule has 1 aliphatic rings. The van der Waals surface area contributed by atoms with Gasteiger partial charge in [0.05, 0.1) is 13.2 Å². The van der Waals surface area contributed by atoms with E-state index in [4.69, 9.17) is 9.26 Å². The van der Waals surface area contributed by atoms with Gasteiger partial charge >= 0.3 is 0 Å². The summed E-state index contributed by atoms with van der Waals surface area (Å²) in [4.78, 5) is 18.0. The maximum atomic E-state index is 12.2. The Kier molecular flexibility index (Phi) is 5.37. The summed E-state index contributed by atoms with van der Waals surface area (Å²) in [5.41, 5.74) is 1.91. The Balaban J connectivity index is 1.59. The van der Waals surface area contributed by atoms with Crippen LogP contribution < -0.4 is 0 Å². The summed E-state index contributed by atoms with van der Waals surface area (Å²) in [6.07, 6.45) is 0. The molecular formula is C16H19N3O4S. The molecule has 1 saturated heterocycles. The quantitative estimate of drug-likeness (QED) is 0.805. The van der Waals surface area contributed by atoms with Gasteiger partial charge < -0.3 is 14.2 Å². The van der Waals surface area contributed by atoms with Gasteiger partial charge in [0.15, 0.2) is 0 Å². The van der Waals surface area contributed by atoms with E-state index < -0.39 is 10.8 Å². The first-order valence-corrected chi connectivity index (χ1v) is 9.21. The van der Waals surface area contributed by atoms with Gasteiger partial charge in [-0.2, -0.15) is 4.98 Å². The van der Waals surface area contributed by atoms with Gasteiger partial charge in [-0.1, -0.05) is 29.4 Å². The van der Waals surface area contributed by atoms with Crippen molar-refractivity contribution >= 4 is 16.7 Å². The Morgan fingerprint density at radius 1 is 1.29 bits per heavy atom. The van der Waals surface area contributed by atoms with Crippen molar-refractivity contribution in [2.24, 2.45) is 0 Å². The molecule has 8 heteroatoms. The summed E-state index contributed by atoms with van der Waals surface area (Å²) in [7, 11) is -1.38. The first-order valence-electron chi connectivity index (χ1n) is 7.72. The van der Waals surface area contributed by atoms with E-state index in [-0.39, 0.29) is 23.3 Å². The second-order valence-corrected chi connectivity index (χ2v) is 7.01. The summed E-state index contributed by atoms with van der Waals surface area (Å²) in [5, 5.41) is 3.94. The summed E-state index contributed by atoms with van der Waals surface area (Å²) < 4.78 is 22.6. The van der Waals surface area contributed by atoms with Crippen molar-refractivity contribution in [1.82, 2.24) is 15.0 Å². The number of ether oxygens (including phenoxy) is 1. The van der Waals surface area contributed by atoms with Crippen LogP contribution in [0.3, 0.4) is 0 Å². The molecule has 2 heterocycles. The standard InChI is InChI=1S/C16H19N3O4S/c1-12-4-2-3-5-13(12)16-17-14(23-18-16)10-24(21)11-15(20)19-6-8-22-9-7-19/h2-5H,6-11H2,1H3/t24-/m1/s1. The molecule has 1 aromatic carbocycles. The highest BCUT2D eigenvalue weighted by Gasteiger charge is 2.20. The Bertz CT molecular complexity index is 740. The van der Waals surface area contributed by atoms with Crippen LogP contribution >= 0.6 is 0 Å². The third-order valence-electron chi connectivity index (χ3n) is 3.79. The van der Waals surface area contributed by atoms with Crippen LogP contribution in [0.4, 0.5) is 0 Å². The van der Waals surface area contributed by atoms with Crippen LogP contribution in [-0.2, 0) is 26.1 Å². The highest BCUT2D eigenvalue weighted by molar-refractivity contribution is 7.84. The third kappa shape index (κ3) is 4.07. The van der Waals surface area contributed by atoms with Crippen molar-refractivity contribution < 1.29 is 18.3 Å². The highest BCUT2D eigenvalue weighted by Crippen LogP contribution is 2.20. The first-order chi connectivity index (χ1) is 11.6. The second-order valence-electron chi connectivity index (χ2n) is 5.55. The topological polar surface area (TPSA) is 85.5 Å². The van der Waals surface area contributed by atoms with E-state index in [0.717, 1.165) is 11.1 Å². The normalized spacial score (nSPS) is 16.1. The maximum absolute atomic E-state index is 12.2. The van der Waals surface area contributed by atoms with Crippen LogP contribution in [0.1, 0.15) is 11.5 Å². The molecule has 3 rings (SSSR count). The van der Waals surface area contributed by atoms with E-state index in [2.05, 4.69) is 10.1 Å². The molecule has 128 valence electrons. The molecule has 0 aliphatic carbocycles. The predicted molar refractivity (Wildman–Crippen MR) is 88.6 cm³/mol. The van der Waals surface area contributed by atoms with Gasteiger partial charge in [-0.3, -0.25) is 9.00 Å². The molecule has 1 aromatic heterocycles. The van der Waals surface area contributed by atoms with Gasteiger partial charge in [0.2, 0.25) is 17.6 Å². The van der Waals surface area contributed by atoms with Crippen LogP contribution in [-0.4, -0.2) is 57.2 Å². The lowest BCUT2D eigenvalue weighted by Crippen LogP contribution is -2.42. The van der Waals surface area contributed by atoms with Crippen LogP contribution in [0.15, 0.2) is 28.8 Å². The van der Waals surface area contributed by atoms with Crippen molar-refractivity contribution in [2.45, 2.75) is 12.7 Å². The number of hydrogen-bond acceptors (Lipinski definition) is 6. The maximum Gasteiger partial charge on any atom is 0.239 e. The fraction of sp³-hybridized carbons (Fsp3) is 0.438. The molecule has 0 unspecified atom stereocenters. The molecule has 0 spiro atoms. The fourth-order valence-corrected chi connectivity index (χ4v) is 3.43. The Labute approximate surface area is 142 Å². The van der Waals surface area contributed by atoms with Gasteiger partial charge in [-0.05, 0) is 12.5 Å². The number of nitrogens with zero attached hydrogens (tertiary/aromatic N) is 3. The first kappa shape index (κ1) is 16.8. The smallest absolute Gasteiger partial charge is 0.239 e. The van der Waals surface area contributed by atoms with Crippen LogP contribution in [0.5, 0.6) is 0 Å². The molecule has 1 atom stereocenters. The lowest BCUT2D eigenvalue weighted by Gasteiger charge is -2.26. The van der Waals surface area contributed by atoms with Crippen molar-refractivity contribution in [2.75, 3.05) is 32.1 Å². The molecule has 7 nitrogen and oxygen atoms in total. The lowest BCUT2D eigenvalue weighted by atomic mass is 10.1. The average molecular weight is 349 g/mol. The largest absolute Gasteiger partial charge is 0.378 e. The Hall–Kier alpha value is -2.06. The van der Waals surface area contributed by atoms with E-state index >= 15 is 0 Å². The molecule has 0 bridgehead atoms. The van der Waals surface area contributed by atoms with Crippen molar-refractivity contribution in [3.63, 3.8) is 0 Å². The molecule has 1 amide bonds. The number of carbonyl (C=O) groups is 1. The van der Waals surface area contributed by atoms with Gasteiger partial charge in [-0.15, -0.1) is 0 Å². The number of aryl methyl sites for hydroxylation is 1. The van der Waals surface area contributed by atoms with E-state index in [1.54, 1.807) is 4.90 Å². The third-order valence-corrected chi connectivity index (χ3v) is 4.92. The van der Waals surface area contributed by atoms with Crippen LogP contribution in [0.25, 0.3) is 11.4 Å². The number of aromatic nitrogens is 2. The Morgan fingerprint density at radius 2 is 2.04 bits per heavy atom. The Morgan fingerprint density at radius 3 is 2.79 bits per heavy atom. The van der Waals surface area contributed by atoms with E-state index in [1.165, 1.54) is 0 Å². The molecule has 0 N–H and O–H groups in total. The van der Waals surface area contributed by atoms with Crippen LogP contribution in [0, 0.1) is 6.92 Å². The minimum atomic E-state index is -1.38. The fourth-order valence-electron chi connectivity index (χ4n) is 2.48. The number of rotatable bonds is 5. The summed E-state index contributed by atoms with van der Waals surface area (Å²) >= 11 is 0. The monoisotopic (exact) mass is 349 g/mol. The number of amides is 1. The highest BCUT2D eigenvalue weighted by atomic mass is 32.2. The minimum absolute atomic E-state index is 0.0396. The van der Waals surface area contributed by atoms with Crippen molar-refractivity contribution in [3.8, 4) is 11.4 Å². The molecule has 2 aromatic rings. The number of benzene rings is 1. The number of carbonyl (C=O) groups excluding carboxylic acids is 1. The van der Waals surface area contributed by atoms with E-state index in [1.807, 2.05) is 31.2 Å². The molecule has 1 fully saturated rings. The van der Waals surface area contributed by atoms with Gasteiger partial charge in [0, 0.05) is 29.5 Å². The molecular weight excluding hydrogens is 330 g/mol. The lowest BCUT2D eigenvalue weighted by molar-refractivity contribution is -0.132. The number of hydrogen-bond donors (Lipinski definition) is 0. The van der Waals surface area contributed by atoms with Gasteiger partial charge in [0.25, 0.3) is 0 Å². The zero-order valence-electron chi connectivity index (χ0n) is 13.4. The van der Waals surface area contributed by atoms with Crippen molar-refractivity contribution in [1.29, 1.82) is 0 Å². The van der Waals surface area contributed by atoms with E-state index in [0.29, 0.717) is 32.1 Å². The zero-order chi connectivity index (χ0) is 16.9. The summed E-state index contributed by atoms with van der Waals surface area (Å²) in [6, 6.07) is 7.71. The van der Waals surface area contributed by atoms with Gasteiger partial charge in [-0.25, -0.2) is 0 Å². The second kappa shape index (κ2) is 7.67. The van der Waals surface area contributed by atoms with Crippen molar-refractivity contribution in [3.05, 3.63) is 35.7 Å². The minimum Gasteiger partial charge on any atom is -0.378 e.